The second-order valence-electron chi connectivity index (χ2n) is 8.83. The zero-order valence-corrected chi connectivity index (χ0v) is 21.7. The predicted molar refractivity (Wildman–Crippen MR) is 136 cm³/mol. The fraction of sp³-hybridized carbons (Fsp3) is 0.269. The molecule has 3 amide bonds. The van der Waals surface area contributed by atoms with Gasteiger partial charge in [0, 0.05) is 25.1 Å². The Morgan fingerprint density at radius 2 is 1.85 bits per heavy atom. The third kappa shape index (κ3) is 5.73. The van der Waals surface area contributed by atoms with E-state index in [9.17, 15) is 28.3 Å². The van der Waals surface area contributed by atoms with Crippen LogP contribution in [0.1, 0.15) is 31.4 Å². The third-order valence-corrected chi connectivity index (χ3v) is 6.98. The lowest BCUT2D eigenvalue weighted by atomic mass is 9.87. The number of amides is 3. The summed E-state index contributed by atoms with van der Waals surface area (Å²) in [6.45, 7) is 2.37. The summed E-state index contributed by atoms with van der Waals surface area (Å²) in [5.74, 6) is -4.03. The van der Waals surface area contributed by atoms with Crippen LogP contribution in [-0.2, 0) is 21.7 Å². The van der Waals surface area contributed by atoms with Gasteiger partial charge in [-0.3, -0.25) is 14.4 Å². The van der Waals surface area contributed by atoms with Crippen LogP contribution in [0, 0.1) is 17.5 Å². The van der Waals surface area contributed by atoms with Gasteiger partial charge in [-0.15, -0.1) is 0 Å². The van der Waals surface area contributed by atoms with Crippen molar-refractivity contribution >= 4 is 34.9 Å². The molecule has 1 aliphatic rings. The SMILES string of the molecule is CCCN(C(C)=O)C(N1C(=O)S/C(=C\c2ccc(F)cc2)C1=O)C(O)(Cn1cncn1)c1ccc(F)cc1F. The molecule has 0 bridgehead atoms. The maximum atomic E-state index is 15.3. The van der Waals surface area contributed by atoms with Gasteiger partial charge in [0.25, 0.3) is 11.1 Å². The zero-order valence-electron chi connectivity index (χ0n) is 20.9. The minimum atomic E-state index is -2.50. The van der Waals surface area contributed by atoms with Gasteiger partial charge in [0.1, 0.15) is 30.1 Å². The molecule has 0 radical (unpaired) electrons. The molecule has 2 atom stereocenters. The molecule has 9 nitrogen and oxygen atoms in total. The first-order chi connectivity index (χ1) is 18.5. The molecule has 204 valence electrons. The first kappa shape index (κ1) is 28.0. The van der Waals surface area contributed by atoms with Crippen LogP contribution in [-0.4, -0.2) is 59.4 Å². The van der Waals surface area contributed by atoms with Crippen LogP contribution in [0.3, 0.4) is 0 Å². The first-order valence-corrected chi connectivity index (χ1v) is 12.7. The standard InChI is InChI=1S/C26H24F3N5O4S/c1-3-10-33(16(2)35)24(34-23(36)22(39-25(34)37)11-17-4-6-18(27)7-5-17)26(38,13-32-15-30-14-31-32)20-9-8-19(28)12-21(20)29/h4-9,11-12,14-15,24,38H,3,10,13H2,1-2H3/b22-11-. The van der Waals surface area contributed by atoms with Crippen LogP contribution < -0.4 is 0 Å². The smallest absolute Gasteiger partial charge is 0.295 e. The monoisotopic (exact) mass is 559 g/mol. The summed E-state index contributed by atoms with van der Waals surface area (Å²) in [7, 11) is 0. The van der Waals surface area contributed by atoms with E-state index in [-0.39, 0.29) is 11.4 Å². The molecule has 13 heteroatoms. The zero-order chi connectivity index (χ0) is 28.3. The highest BCUT2D eigenvalue weighted by atomic mass is 32.2. The van der Waals surface area contributed by atoms with E-state index in [4.69, 9.17) is 0 Å². The summed E-state index contributed by atoms with van der Waals surface area (Å²) in [4.78, 5) is 45.5. The number of hydrogen-bond donors (Lipinski definition) is 1. The number of imide groups is 1. The van der Waals surface area contributed by atoms with Crippen molar-refractivity contribution in [3.8, 4) is 0 Å². The Kier molecular flexibility index (Phi) is 8.21. The number of nitrogens with zero attached hydrogens (tertiary/aromatic N) is 5. The average Bonchev–Trinajstić information content (AvgIpc) is 3.48. The van der Waals surface area contributed by atoms with Crippen molar-refractivity contribution in [1.82, 2.24) is 24.6 Å². The van der Waals surface area contributed by atoms with Gasteiger partial charge in [0.15, 0.2) is 11.8 Å². The van der Waals surface area contributed by atoms with Gasteiger partial charge in [-0.1, -0.05) is 25.1 Å². The maximum absolute atomic E-state index is 15.3. The first-order valence-electron chi connectivity index (χ1n) is 11.8. The van der Waals surface area contributed by atoms with Gasteiger partial charge in [0.2, 0.25) is 5.91 Å². The van der Waals surface area contributed by atoms with Crippen molar-refractivity contribution in [2.75, 3.05) is 6.54 Å². The van der Waals surface area contributed by atoms with Gasteiger partial charge in [-0.05, 0) is 48.0 Å². The Bertz CT molecular complexity index is 1420. The second kappa shape index (κ2) is 11.4. The van der Waals surface area contributed by atoms with E-state index in [1.165, 1.54) is 43.6 Å². The van der Waals surface area contributed by atoms with Gasteiger partial charge >= 0.3 is 0 Å². The van der Waals surface area contributed by atoms with E-state index >= 15 is 4.39 Å². The number of hydrogen-bond acceptors (Lipinski definition) is 7. The topological polar surface area (TPSA) is 109 Å². The third-order valence-electron chi connectivity index (χ3n) is 6.09. The van der Waals surface area contributed by atoms with E-state index in [2.05, 4.69) is 10.1 Å². The van der Waals surface area contributed by atoms with Crippen LogP contribution in [0.15, 0.2) is 60.0 Å². The number of benzene rings is 2. The van der Waals surface area contributed by atoms with Crippen molar-refractivity contribution in [3.63, 3.8) is 0 Å². The Labute approximate surface area is 225 Å². The number of carbonyl (C=O) groups excluding carboxylic acids is 3. The molecule has 2 aromatic carbocycles. The van der Waals surface area contributed by atoms with Crippen molar-refractivity contribution in [2.45, 2.75) is 38.6 Å². The molecular formula is C26H24F3N5O4S. The Balaban J connectivity index is 1.91. The normalized spacial score (nSPS) is 17.0. The minimum Gasteiger partial charge on any atom is -0.379 e. The number of carbonyl (C=O) groups is 3. The van der Waals surface area contributed by atoms with Gasteiger partial charge < -0.3 is 10.0 Å². The number of rotatable bonds is 9. The fourth-order valence-electron chi connectivity index (χ4n) is 4.41. The molecule has 1 N–H and O–H groups in total. The number of aromatic nitrogens is 3. The molecule has 1 fully saturated rings. The Morgan fingerprint density at radius 1 is 1.15 bits per heavy atom. The van der Waals surface area contributed by atoms with Gasteiger partial charge in [-0.25, -0.2) is 27.7 Å². The summed E-state index contributed by atoms with van der Waals surface area (Å²) < 4.78 is 43.7. The molecular weight excluding hydrogens is 535 g/mol. The minimum absolute atomic E-state index is 0.0127. The van der Waals surface area contributed by atoms with Crippen molar-refractivity contribution in [1.29, 1.82) is 0 Å². The van der Waals surface area contributed by atoms with Crippen LogP contribution in [0.25, 0.3) is 6.08 Å². The van der Waals surface area contributed by atoms with Crippen molar-refractivity contribution in [3.05, 3.63) is 88.6 Å². The number of thioether (sulfide) groups is 1. The van der Waals surface area contributed by atoms with Crippen LogP contribution in [0.4, 0.5) is 18.0 Å². The van der Waals surface area contributed by atoms with Gasteiger partial charge in [-0.2, -0.15) is 5.10 Å². The van der Waals surface area contributed by atoms with E-state index < -0.39 is 58.4 Å². The summed E-state index contributed by atoms with van der Waals surface area (Å²) in [5.41, 5.74) is -2.53. The van der Waals surface area contributed by atoms with E-state index in [1.54, 1.807) is 6.92 Å². The molecule has 2 unspecified atom stereocenters. The second-order valence-corrected chi connectivity index (χ2v) is 9.82. The van der Waals surface area contributed by atoms with Gasteiger partial charge in [0.05, 0.1) is 11.4 Å². The molecule has 3 aromatic rings. The quantitative estimate of drug-likeness (QED) is 0.396. The Morgan fingerprint density at radius 3 is 2.44 bits per heavy atom. The molecule has 39 heavy (non-hydrogen) atoms. The maximum Gasteiger partial charge on any atom is 0.295 e. The van der Waals surface area contributed by atoms with E-state index in [0.29, 0.717) is 34.7 Å². The molecule has 2 heterocycles. The summed E-state index contributed by atoms with van der Waals surface area (Å²) >= 11 is 0.549. The van der Waals surface area contributed by atoms with Crippen LogP contribution >= 0.6 is 11.8 Å². The highest BCUT2D eigenvalue weighted by Gasteiger charge is 2.54. The van der Waals surface area contributed by atoms with Crippen LogP contribution in [0.5, 0.6) is 0 Å². The lowest BCUT2D eigenvalue weighted by molar-refractivity contribution is -0.160. The number of aliphatic hydroxyl groups is 1. The molecule has 4 rings (SSSR count). The average molecular weight is 560 g/mol. The Hall–Kier alpha value is -3.97. The molecule has 1 aromatic heterocycles. The largest absolute Gasteiger partial charge is 0.379 e. The molecule has 1 aliphatic heterocycles. The highest BCUT2D eigenvalue weighted by molar-refractivity contribution is 8.18. The number of halogens is 3. The van der Waals surface area contributed by atoms with E-state index in [1.807, 2.05) is 0 Å². The van der Waals surface area contributed by atoms with Crippen molar-refractivity contribution < 1.29 is 32.7 Å². The van der Waals surface area contributed by atoms with Crippen LogP contribution in [0.2, 0.25) is 0 Å². The molecule has 0 saturated carbocycles. The lowest BCUT2D eigenvalue weighted by Crippen LogP contribution is -2.64. The van der Waals surface area contributed by atoms with E-state index in [0.717, 1.165) is 28.0 Å². The molecule has 0 spiro atoms. The van der Waals surface area contributed by atoms with Crippen molar-refractivity contribution in [2.24, 2.45) is 0 Å². The summed E-state index contributed by atoms with van der Waals surface area (Å²) in [6, 6.07) is 7.66. The predicted octanol–water partition coefficient (Wildman–Crippen LogP) is 3.90. The summed E-state index contributed by atoms with van der Waals surface area (Å²) in [6.07, 6.45) is 2.36. The highest BCUT2D eigenvalue weighted by Crippen LogP contribution is 2.41. The lowest BCUT2D eigenvalue weighted by Gasteiger charge is -2.45. The molecule has 0 aliphatic carbocycles. The molecule has 1 saturated heterocycles. The fourth-order valence-corrected chi connectivity index (χ4v) is 5.26. The summed E-state index contributed by atoms with van der Waals surface area (Å²) in [5, 5.41) is 15.4.